The van der Waals surface area contributed by atoms with Gasteiger partial charge in [-0.2, -0.15) is 4.31 Å². The molecule has 0 unspecified atom stereocenters. The summed E-state index contributed by atoms with van der Waals surface area (Å²) in [6.45, 7) is 1.72. The summed E-state index contributed by atoms with van der Waals surface area (Å²) in [6, 6.07) is 5.25. The standard InChI is InChI=1S/C13H17BrN2O3S/c1-9-3-6-12(11(14)7-9)20(18,19)16(2)8-13(17)15-10-4-5-10/h3,6-7,10H,4-5,8H2,1-2H3,(H,15,17). The number of hydrogen-bond acceptors (Lipinski definition) is 3. The van der Waals surface area contributed by atoms with Crippen LogP contribution in [0, 0.1) is 6.92 Å². The van der Waals surface area contributed by atoms with Crippen molar-refractivity contribution in [1.82, 2.24) is 9.62 Å². The normalized spacial score (nSPS) is 15.4. The minimum Gasteiger partial charge on any atom is -0.352 e. The second-order valence-electron chi connectivity index (χ2n) is 5.04. The number of aryl methyl sites for hydroxylation is 1. The molecule has 0 bridgehead atoms. The van der Waals surface area contributed by atoms with E-state index in [0.717, 1.165) is 22.7 Å². The van der Waals surface area contributed by atoms with E-state index in [9.17, 15) is 13.2 Å². The van der Waals surface area contributed by atoms with E-state index in [-0.39, 0.29) is 23.4 Å². The topological polar surface area (TPSA) is 66.5 Å². The fourth-order valence-electron chi connectivity index (χ4n) is 1.77. The first-order valence-corrected chi connectivity index (χ1v) is 8.56. The Hall–Kier alpha value is -0.920. The number of sulfonamides is 1. The second-order valence-corrected chi connectivity index (χ2v) is 7.90. The number of amides is 1. The maximum Gasteiger partial charge on any atom is 0.244 e. The minimum atomic E-state index is -3.67. The molecule has 5 nitrogen and oxygen atoms in total. The van der Waals surface area contributed by atoms with Crippen LogP contribution in [-0.2, 0) is 14.8 Å². The molecule has 7 heteroatoms. The van der Waals surface area contributed by atoms with Crippen molar-refractivity contribution in [3.05, 3.63) is 28.2 Å². The van der Waals surface area contributed by atoms with Gasteiger partial charge in [-0.15, -0.1) is 0 Å². The smallest absolute Gasteiger partial charge is 0.244 e. The fraction of sp³-hybridized carbons (Fsp3) is 0.462. The zero-order valence-electron chi connectivity index (χ0n) is 11.4. The van der Waals surface area contributed by atoms with Crippen molar-refractivity contribution >= 4 is 31.9 Å². The SMILES string of the molecule is Cc1ccc(S(=O)(=O)N(C)CC(=O)NC2CC2)c(Br)c1. The quantitative estimate of drug-likeness (QED) is 0.868. The van der Waals surface area contributed by atoms with Gasteiger partial charge >= 0.3 is 0 Å². The van der Waals surface area contributed by atoms with E-state index in [2.05, 4.69) is 21.2 Å². The van der Waals surface area contributed by atoms with Crippen LogP contribution in [0.3, 0.4) is 0 Å². The third-order valence-electron chi connectivity index (χ3n) is 3.08. The Labute approximate surface area is 127 Å². The van der Waals surface area contributed by atoms with Crippen LogP contribution in [0.15, 0.2) is 27.6 Å². The van der Waals surface area contributed by atoms with Crippen molar-refractivity contribution in [3.63, 3.8) is 0 Å². The zero-order valence-corrected chi connectivity index (χ0v) is 13.8. The summed E-state index contributed by atoms with van der Waals surface area (Å²) < 4.78 is 26.4. The molecule has 0 radical (unpaired) electrons. The molecule has 110 valence electrons. The predicted octanol–water partition coefficient (Wildman–Crippen LogP) is 1.66. The molecule has 0 saturated heterocycles. The summed E-state index contributed by atoms with van der Waals surface area (Å²) in [5, 5.41) is 2.78. The van der Waals surface area contributed by atoms with Crippen molar-refractivity contribution in [2.45, 2.75) is 30.7 Å². The highest BCUT2D eigenvalue weighted by molar-refractivity contribution is 9.10. The zero-order chi connectivity index (χ0) is 14.9. The van der Waals surface area contributed by atoms with E-state index >= 15 is 0 Å². The van der Waals surface area contributed by atoms with E-state index in [4.69, 9.17) is 0 Å². The summed E-state index contributed by atoms with van der Waals surface area (Å²) in [4.78, 5) is 11.9. The van der Waals surface area contributed by atoms with Crippen LogP contribution in [0.1, 0.15) is 18.4 Å². The third-order valence-corrected chi connectivity index (χ3v) is 5.86. The van der Waals surface area contributed by atoms with Crippen LogP contribution >= 0.6 is 15.9 Å². The number of carbonyl (C=O) groups is 1. The van der Waals surface area contributed by atoms with Crippen molar-refractivity contribution in [1.29, 1.82) is 0 Å². The molecule has 1 N–H and O–H groups in total. The number of benzene rings is 1. The largest absolute Gasteiger partial charge is 0.352 e. The van der Waals surface area contributed by atoms with Gasteiger partial charge in [0.1, 0.15) is 0 Å². The Morgan fingerprint density at radius 2 is 2.10 bits per heavy atom. The summed E-state index contributed by atoms with van der Waals surface area (Å²) in [5.74, 6) is -0.262. The van der Waals surface area contributed by atoms with Gasteiger partial charge in [0.25, 0.3) is 0 Å². The summed E-state index contributed by atoms with van der Waals surface area (Å²) >= 11 is 3.26. The number of rotatable bonds is 5. The van der Waals surface area contributed by atoms with Crippen LogP contribution < -0.4 is 5.32 Å². The number of hydrogen-bond donors (Lipinski definition) is 1. The van der Waals surface area contributed by atoms with Gasteiger partial charge in [-0.05, 0) is 53.4 Å². The Balaban J connectivity index is 2.13. The van der Waals surface area contributed by atoms with Crippen molar-refractivity contribution in [2.24, 2.45) is 0 Å². The molecular weight excluding hydrogens is 344 g/mol. The minimum absolute atomic E-state index is 0.168. The first kappa shape index (κ1) is 15.5. The Morgan fingerprint density at radius 1 is 1.45 bits per heavy atom. The van der Waals surface area contributed by atoms with Gasteiger partial charge in [0.15, 0.2) is 0 Å². The van der Waals surface area contributed by atoms with Crippen molar-refractivity contribution < 1.29 is 13.2 Å². The van der Waals surface area contributed by atoms with Gasteiger partial charge in [-0.25, -0.2) is 8.42 Å². The van der Waals surface area contributed by atoms with E-state index < -0.39 is 10.0 Å². The highest BCUT2D eigenvalue weighted by atomic mass is 79.9. The predicted molar refractivity (Wildman–Crippen MR) is 79.9 cm³/mol. The van der Waals surface area contributed by atoms with Crippen LogP contribution in [0.25, 0.3) is 0 Å². The van der Waals surface area contributed by atoms with Crippen LogP contribution in [0.5, 0.6) is 0 Å². The van der Waals surface area contributed by atoms with Crippen LogP contribution in [0.4, 0.5) is 0 Å². The van der Waals surface area contributed by atoms with E-state index in [1.807, 2.05) is 6.92 Å². The average Bonchev–Trinajstić information content (AvgIpc) is 3.11. The molecule has 1 aromatic rings. The van der Waals surface area contributed by atoms with Crippen molar-refractivity contribution in [2.75, 3.05) is 13.6 Å². The summed E-state index contributed by atoms with van der Waals surface area (Å²) in [5.41, 5.74) is 0.963. The lowest BCUT2D eigenvalue weighted by molar-refractivity contribution is -0.121. The lowest BCUT2D eigenvalue weighted by Crippen LogP contribution is -2.39. The maximum absolute atomic E-state index is 12.4. The summed E-state index contributed by atoms with van der Waals surface area (Å²) in [7, 11) is -2.26. The van der Waals surface area contributed by atoms with Gasteiger partial charge in [-0.3, -0.25) is 4.79 Å². The molecule has 0 aliphatic heterocycles. The van der Waals surface area contributed by atoms with E-state index in [1.165, 1.54) is 7.05 Å². The van der Waals surface area contributed by atoms with Crippen LogP contribution in [0.2, 0.25) is 0 Å². The van der Waals surface area contributed by atoms with E-state index in [0.29, 0.717) is 4.47 Å². The van der Waals surface area contributed by atoms with Crippen molar-refractivity contribution in [3.8, 4) is 0 Å². The maximum atomic E-state index is 12.4. The summed E-state index contributed by atoms with van der Waals surface area (Å²) in [6.07, 6.45) is 1.96. The molecule has 0 aromatic heterocycles. The number of nitrogens with one attached hydrogen (secondary N) is 1. The molecule has 1 aliphatic carbocycles. The van der Waals surface area contributed by atoms with Gasteiger partial charge in [0.2, 0.25) is 15.9 Å². The Morgan fingerprint density at radius 3 is 2.65 bits per heavy atom. The highest BCUT2D eigenvalue weighted by Gasteiger charge is 2.28. The molecule has 0 atom stereocenters. The molecule has 1 aromatic carbocycles. The van der Waals surface area contributed by atoms with E-state index in [1.54, 1.807) is 18.2 Å². The monoisotopic (exact) mass is 360 g/mol. The van der Waals surface area contributed by atoms with Gasteiger partial charge in [0.05, 0.1) is 11.4 Å². The Kier molecular flexibility index (Phi) is 4.51. The Bertz CT molecular complexity index is 627. The molecule has 20 heavy (non-hydrogen) atoms. The average molecular weight is 361 g/mol. The molecule has 1 aliphatic rings. The van der Waals surface area contributed by atoms with Gasteiger partial charge in [-0.1, -0.05) is 6.07 Å². The highest BCUT2D eigenvalue weighted by Crippen LogP contribution is 2.25. The number of nitrogens with zero attached hydrogens (tertiary/aromatic N) is 1. The van der Waals surface area contributed by atoms with Gasteiger partial charge in [0, 0.05) is 17.6 Å². The molecule has 0 heterocycles. The number of carbonyl (C=O) groups excluding carboxylic acids is 1. The molecule has 1 saturated carbocycles. The lowest BCUT2D eigenvalue weighted by Gasteiger charge is -2.18. The molecule has 0 spiro atoms. The van der Waals surface area contributed by atoms with Gasteiger partial charge < -0.3 is 5.32 Å². The second kappa shape index (κ2) is 5.83. The number of halogens is 1. The first-order chi connectivity index (χ1) is 9.30. The first-order valence-electron chi connectivity index (χ1n) is 6.32. The molecule has 2 rings (SSSR count). The molecule has 1 amide bonds. The fourth-order valence-corrected chi connectivity index (χ4v) is 4.05. The molecule has 1 fully saturated rings. The van der Waals surface area contributed by atoms with Crippen LogP contribution in [-0.4, -0.2) is 38.3 Å². The number of likely N-dealkylation sites (N-methyl/N-ethyl adjacent to an activating group) is 1. The lowest BCUT2D eigenvalue weighted by atomic mass is 10.2. The third kappa shape index (κ3) is 3.59. The molecular formula is C13H17BrN2O3S.